The van der Waals surface area contributed by atoms with Crippen molar-refractivity contribution in [3.63, 3.8) is 0 Å². The first kappa shape index (κ1) is 12.3. The summed E-state index contributed by atoms with van der Waals surface area (Å²) < 4.78 is 7.40. The van der Waals surface area contributed by atoms with Gasteiger partial charge in [-0.1, -0.05) is 0 Å². The molecule has 3 nitrogen and oxygen atoms in total. The van der Waals surface area contributed by atoms with Gasteiger partial charge in [-0.2, -0.15) is 0 Å². The molecule has 1 aromatic rings. The number of nitrogens with zero attached hydrogens (tertiary/aromatic N) is 1. The lowest BCUT2D eigenvalue weighted by atomic mass is 10.0. The lowest BCUT2D eigenvalue weighted by molar-refractivity contribution is 0.0595. The van der Waals surface area contributed by atoms with E-state index in [1.165, 1.54) is 12.8 Å². The van der Waals surface area contributed by atoms with E-state index < -0.39 is 0 Å². The second-order valence-electron chi connectivity index (χ2n) is 3.95. The molecule has 88 valence electrons. The van der Waals surface area contributed by atoms with E-state index in [0.717, 1.165) is 34.5 Å². The Hall–Kier alpha value is -0.130. The number of pyridine rings is 1. The van der Waals surface area contributed by atoms with Gasteiger partial charge in [0.15, 0.2) is 0 Å². The van der Waals surface area contributed by atoms with Crippen LogP contribution in [0.3, 0.4) is 0 Å². The van der Waals surface area contributed by atoms with E-state index >= 15 is 0 Å². The molecule has 16 heavy (non-hydrogen) atoms. The van der Waals surface area contributed by atoms with Crippen molar-refractivity contribution in [1.82, 2.24) is 4.98 Å². The van der Waals surface area contributed by atoms with Crippen LogP contribution in [0.4, 0.5) is 5.82 Å². The molecule has 1 aliphatic rings. The van der Waals surface area contributed by atoms with E-state index in [4.69, 9.17) is 4.74 Å². The molecule has 0 aliphatic carbocycles. The molecule has 1 aliphatic heterocycles. The number of ether oxygens (including phenoxy) is 1. The van der Waals surface area contributed by atoms with Crippen LogP contribution in [0.25, 0.3) is 0 Å². The Kier molecular flexibility index (Phi) is 4.61. The lowest BCUT2D eigenvalue weighted by Crippen LogP contribution is -2.24. The van der Waals surface area contributed by atoms with Gasteiger partial charge in [0.2, 0.25) is 0 Å². The minimum absolute atomic E-state index is 0.603. The number of rotatable bonds is 3. The minimum Gasteiger partial charge on any atom is -0.381 e. The van der Waals surface area contributed by atoms with Crippen molar-refractivity contribution in [2.24, 2.45) is 5.92 Å². The number of hydrogen-bond acceptors (Lipinski definition) is 3. The monoisotopic (exact) mass is 348 g/mol. The lowest BCUT2D eigenvalue weighted by Gasteiger charge is -2.22. The average Bonchev–Trinajstić information content (AvgIpc) is 2.29. The molecule has 0 spiro atoms. The predicted molar refractivity (Wildman–Crippen MR) is 71.7 cm³/mol. The standard InChI is InChI=1S/C11H14Br2N2O/c12-9-4-10(13)11(15-6-9)14-5-8-2-1-3-16-7-8/h4,6,8H,1-3,5,7H2,(H,14,15). The van der Waals surface area contributed by atoms with Gasteiger partial charge in [-0.15, -0.1) is 0 Å². The fourth-order valence-electron chi connectivity index (χ4n) is 1.75. The fourth-order valence-corrected chi connectivity index (χ4v) is 2.88. The molecule has 1 unspecified atom stereocenters. The highest BCUT2D eigenvalue weighted by atomic mass is 79.9. The van der Waals surface area contributed by atoms with Crippen molar-refractivity contribution in [3.05, 3.63) is 21.2 Å². The van der Waals surface area contributed by atoms with Crippen LogP contribution in [-0.4, -0.2) is 24.7 Å². The van der Waals surface area contributed by atoms with Gasteiger partial charge >= 0.3 is 0 Å². The summed E-state index contributed by atoms with van der Waals surface area (Å²) >= 11 is 6.87. The molecular formula is C11H14Br2N2O. The summed E-state index contributed by atoms with van der Waals surface area (Å²) in [7, 11) is 0. The third-order valence-electron chi connectivity index (χ3n) is 2.62. The molecule has 1 N–H and O–H groups in total. The van der Waals surface area contributed by atoms with Crippen molar-refractivity contribution in [3.8, 4) is 0 Å². The number of hydrogen-bond donors (Lipinski definition) is 1. The fraction of sp³-hybridized carbons (Fsp3) is 0.545. The maximum absolute atomic E-state index is 5.44. The maximum atomic E-state index is 5.44. The minimum atomic E-state index is 0.603. The molecule has 2 rings (SSSR count). The van der Waals surface area contributed by atoms with Crippen LogP contribution in [0.1, 0.15) is 12.8 Å². The topological polar surface area (TPSA) is 34.2 Å². The Morgan fingerprint density at radius 2 is 2.38 bits per heavy atom. The summed E-state index contributed by atoms with van der Waals surface area (Å²) in [6.45, 7) is 2.70. The van der Waals surface area contributed by atoms with Gasteiger partial charge in [0, 0.05) is 23.8 Å². The van der Waals surface area contributed by atoms with Gasteiger partial charge in [-0.3, -0.25) is 0 Å². The molecular weight excluding hydrogens is 336 g/mol. The summed E-state index contributed by atoms with van der Waals surface area (Å²) in [5.74, 6) is 1.50. The number of anilines is 1. The van der Waals surface area contributed by atoms with Gasteiger partial charge in [0.25, 0.3) is 0 Å². The van der Waals surface area contributed by atoms with Crippen molar-refractivity contribution < 1.29 is 4.74 Å². The van der Waals surface area contributed by atoms with Crippen molar-refractivity contribution in [1.29, 1.82) is 0 Å². The van der Waals surface area contributed by atoms with E-state index in [-0.39, 0.29) is 0 Å². The first-order valence-electron chi connectivity index (χ1n) is 5.38. The third-order valence-corrected chi connectivity index (χ3v) is 3.66. The van der Waals surface area contributed by atoms with Crippen molar-refractivity contribution >= 4 is 37.7 Å². The normalized spacial score (nSPS) is 20.8. The Morgan fingerprint density at radius 1 is 1.50 bits per heavy atom. The first-order valence-corrected chi connectivity index (χ1v) is 6.97. The van der Waals surface area contributed by atoms with Gasteiger partial charge in [-0.25, -0.2) is 4.98 Å². The molecule has 0 bridgehead atoms. The largest absolute Gasteiger partial charge is 0.381 e. The van der Waals surface area contributed by atoms with Crippen LogP contribution >= 0.6 is 31.9 Å². The second-order valence-corrected chi connectivity index (χ2v) is 5.72. The van der Waals surface area contributed by atoms with Crippen LogP contribution in [0.2, 0.25) is 0 Å². The molecule has 2 heterocycles. The van der Waals surface area contributed by atoms with E-state index in [1.54, 1.807) is 6.20 Å². The molecule has 5 heteroatoms. The van der Waals surface area contributed by atoms with E-state index in [9.17, 15) is 0 Å². The molecule has 0 radical (unpaired) electrons. The van der Waals surface area contributed by atoms with E-state index in [0.29, 0.717) is 5.92 Å². The Balaban J connectivity index is 1.88. The number of aromatic nitrogens is 1. The maximum Gasteiger partial charge on any atom is 0.140 e. The molecule has 1 atom stereocenters. The average molecular weight is 350 g/mol. The van der Waals surface area contributed by atoms with E-state index in [1.807, 2.05) is 6.07 Å². The smallest absolute Gasteiger partial charge is 0.140 e. The third kappa shape index (κ3) is 3.43. The summed E-state index contributed by atoms with van der Waals surface area (Å²) in [6, 6.07) is 1.99. The van der Waals surface area contributed by atoms with Crippen LogP contribution in [-0.2, 0) is 4.74 Å². The van der Waals surface area contributed by atoms with Crippen molar-refractivity contribution in [2.75, 3.05) is 25.1 Å². The molecule has 0 saturated carbocycles. The quantitative estimate of drug-likeness (QED) is 0.907. The Morgan fingerprint density at radius 3 is 3.06 bits per heavy atom. The van der Waals surface area contributed by atoms with Crippen LogP contribution in [0, 0.1) is 5.92 Å². The number of nitrogens with one attached hydrogen (secondary N) is 1. The predicted octanol–water partition coefficient (Wildman–Crippen LogP) is 3.45. The van der Waals surface area contributed by atoms with Gasteiger partial charge in [-0.05, 0) is 56.7 Å². The zero-order valence-corrected chi connectivity index (χ0v) is 12.1. The summed E-state index contributed by atoms with van der Waals surface area (Å²) in [5.41, 5.74) is 0. The van der Waals surface area contributed by atoms with Crippen LogP contribution in [0.5, 0.6) is 0 Å². The van der Waals surface area contributed by atoms with Crippen molar-refractivity contribution in [2.45, 2.75) is 12.8 Å². The van der Waals surface area contributed by atoms with Crippen LogP contribution < -0.4 is 5.32 Å². The summed E-state index contributed by atoms with van der Waals surface area (Å²) in [6.07, 6.45) is 4.20. The molecule has 1 aromatic heterocycles. The molecule has 1 fully saturated rings. The van der Waals surface area contributed by atoms with Gasteiger partial charge in [0.05, 0.1) is 11.1 Å². The van der Waals surface area contributed by atoms with Crippen LogP contribution in [0.15, 0.2) is 21.2 Å². The second kappa shape index (κ2) is 5.98. The highest BCUT2D eigenvalue weighted by molar-refractivity contribution is 9.11. The Labute approximate surface area is 112 Å². The van der Waals surface area contributed by atoms with Gasteiger partial charge in [0.1, 0.15) is 5.82 Å². The Bertz CT molecular complexity index is 354. The van der Waals surface area contributed by atoms with E-state index in [2.05, 4.69) is 42.2 Å². The zero-order chi connectivity index (χ0) is 11.4. The zero-order valence-electron chi connectivity index (χ0n) is 8.88. The highest BCUT2D eigenvalue weighted by Gasteiger charge is 2.14. The summed E-state index contributed by atoms with van der Waals surface area (Å²) in [4.78, 5) is 4.32. The van der Waals surface area contributed by atoms with Gasteiger partial charge < -0.3 is 10.1 Å². The number of halogens is 2. The molecule has 1 saturated heterocycles. The summed E-state index contributed by atoms with van der Waals surface area (Å²) in [5, 5.41) is 3.35. The SMILES string of the molecule is Brc1cnc(NCC2CCCOC2)c(Br)c1. The first-order chi connectivity index (χ1) is 7.75. The molecule has 0 aromatic carbocycles. The molecule has 0 amide bonds. The highest BCUT2D eigenvalue weighted by Crippen LogP contribution is 2.24.